The minimum Gasteiger partial charge on any atom is -0.435 e. The summed E-state index contributed by atoms with van der Waals surface area (Å²) >= 11 is 0. The minimum atomic E-state index is -3.58. The predicted molar refractivity (Wildman–Crippen MR) is 135 cm³/mol. The Bertz CT molecular complexity index is 1570. The lowest BCUT2D eigenvalue weighted by Gasteiger charge is -2.30. The molecule has 1 aliphatic rings. The largest absolute Gasteiger partial charge is 0.435 e. The van der Waals surface area contributed by atoms with E-state index in [1.54, 1.807) is 35.7 Å². The first-order chi connectivity index (χ1) is 18.1. The molecule has 0 bridgehead atoms. The molecule has 9 nitrogen and oxygen atoms in total. The molecule has 1 fully saturated rings. The number of aromatic nitrogens is 4. The molecule has 1 aromatic carbocycles. The second-order valence-electron chi connectivity index (χ2n) is 9.12. The number of pyridine rings is 1. The predicted octanol–water partition coefficient (Wildman–Crippen LogP) is 3.69. The Kier molecular flexibility index (Phi) is 6.97. The highest BCUT2D eigenvalue weighted by atomic mass is 32.2. The lowest BCUT2D eigenvalue weighted by molar-refractivity contribution is -0.0504. The number of nitrogens with two attached hydrogens (primary N) is 1. The quantitative estimate of drug-likeness (QED) is 0.376. The van der Waals surface area contributed by atoms with Gasteiger partial charge in [0.05, 0.1) is 10.9 Å². The number of primary sulfonamides is 1. The Balaban J connectivity index is 1.42. The fraction of sp³-hybridized carbons (Fsp3) is 0.320. The number of benzene rings is 1. The number of hydrogen-bond donors (Lipinski definition) is 1. The maximum atomic E-state index is 15.1. The number of fused-ring (bicyclic) bond motifs is 1. The van der Waals surface area contributed by atoms with Gasteiger partial charge in [-0.3, -0.25) is 0 Å². The van der Waals surface area contributed by atoms with Gasteiger partial charge in [-0.1, -0.05) is 18.2 Å². The van der Waals surface area contributed by atoms with Gasteiger partial charge in [0.15, 0.2) is 0 Å². The Labute approximate surface area is 217 Å². The molecule has 4 aromatic rings. The van der Waals surface area contributed by atoms with Crippen molar-refractivity contribution < 1.29 is 26.3 Å². The Morgan fingerprint density at radius 3 is 2.50 bits per heavy atom. The number of alkyl halides is 2. The molecule has 13 heteroatoms. The zero-order chi connectivity index (χ0) is 27.0. The van der Waals surface area contributed by atoms with Crippen LogP contribution in [0.15, 0.2) is 48.9 Å². The highest BCUT2D eigenvalue weighted by Crippen LogP contribution is 2.29. The lowest BCUT2D eigenvalue weighted by atomic mass is 10.1. The first-order valence-corrected chi connectivity index (χ1v) is 13.5. The Hall–Kier alpha value is -3.71. The summed E-state index contributed by atoms with van der Waals surface area (Å²) in [5, 5.41) is 4.68. The van der Waals surface area contributed by atoms with E-state index in [4.69, 9.17) is 5.14 Å². The second-order valence-corrected chi connectivity index (χ2v) is 11.0. The SMILES string of the molecule is Cc1nc2cc(F)c(-c3cnc(N4CCC(S(N)(=O)=O)CC4)nc3)cn2c1Cc1ccccc1OC(F)F. The van der Waals surface area contributed by atoms with E-state index in [9.17, 15) is 17.2 Å². The zero-order valence-corrected chi connectivity index (χ0v) is 21.2. The molecular formula is C25H25F3N6O3S. The molecule has 3 aromatic heterocycles. The molecule has 0 saturated carbocycles. The van der Waals surface area contributed by atoms with Crippen LogP contribution >= 0.6 is 0 Å². The van der Waals surface area contributed by atoms with Gasteiger partial charge >= 0.3 is 6.61 Å². The average molecular weight is 547 g/mol. The molecule has 200 valence electrons. The molecule has 0 unspecified atom stereocenters. The molecule has 0 radical (unpaired) electrons. The summed E-state index contributed by atoms with van der Waals surface area (Å²) in [6.45, 7) is -0.305. The highest BCUT2D eigenvalue weighted by Gasteiger charge is 2.28. The molecular weight excluding hydrogens is 521 g/mol. The van der Waals surface area contributed by atoms with Crippen LogP contribution in [0.2, 0.25) is 0 Å². The topological polar surface area (TPSA) is 116 Å². The summed E-state index contributed by atoms with van der Waals surface area (Å²) in [7, 11) is -3.58. The van der Waals surface area contributed by atoms with Crippen LogP contribution < -0.4 is 14.8 Å². The number of imidazole rings is 1. The van der Waals surface area contributed by atoms with Crippen LogP contribution in [-0.2, 0) is 16.4 Å². The average Bonchev–Trinajstić information content (AvgIpc) is 3.17. The van der Waals surface area contributed by atoms with Gasteiger partial charge in [0, 0.05) is 66.6 Å². The van der Waals surface area contributed by atoms with Crippen LogP contribution in [0, 0.1) is 12.7 Å². The van der Waals surface area contributed by atoms with Gasteiger partial charge < -0.3 is 14.0 Å². The van der Waals surface area contributed by atoms with Gasteiger partial charge in [0.2, 0.25) is 16.0 Å². The summed E-state index contributed by atoms with van der Waals surface area (Å²) in [5.41, 5.74) is 2.92. The summed E-state index contributed by atoms with van der Waals surface area (Å²) in [5.74, 6) is -0.0324. The number of sulfonamides is 1. The number of ether oxygens (including phenoxy) is 1. The van der Waals surface area contributed by atoms with Crippen LogP contribution in [0.4, 0.5) is 19.1 Å². The number of nitrogens with zero attached hydrogens (tertiary/aromatic N) is 5. The summed E-state index contributed by atoms with van der Waals surface area (Å²) < 4.78 is 70.4. The number of halogens is 3. The molecule has 0 aliphatic carbocycles. The summed E-state index contributed by atoms with van der Waals surface area (Å²) in [6.07, 6.45) is 5.60. The Morgan fingerprint density at radius 1 is 1.16 bits per heavy atom. The standard InChI is InChI=1S/C25H25F3N6O3S/c1-15-21(10-16-4-2-3-5-22(16)37-24(27)28)34-14-19(20(26)11-23(34)32-15)17-12-30-25(31-13-17)33-8-6-18(7-9-33)38(29,35)36/h2-5,11-14,18,24H,6-10H2,1H3,(H2,29,35,36). The third-order valence-corrected chi connectivity index (χ3v) is 8.09. The van der Waals surface area contributed by atoms with E-state index in [-0.39, 0.29) is 17.7 Å². The van der Waals surface area contributed by atoms with E-state index >= 15 is 4.39 Å². The van der Waals surface area contributed by atoms with Crippen molar-refractivity contribution in [3.05, 3.63) is 71.7 Å². The van der Waals surface area contributed by atoms with Crippen LogP contribution in [0.25, 0.3) is 16.8 Å². The van der Waals surface area contributed by atoms with E-state index in [0.29, 0.717) is 60.0 Å². The first-order valence-electron chi connectivity index (χ1n) is 11.9. The normalized spacial score (nSPS) is 14.9. The van der Waals surface area contributed by atoms with Gasteiger partial charge in [-0.2, -0.15) is 8.78 Å². The van der Waals surface area contributed by atoms with Crippen LogP contribution in [0.1, 0.15) is 29.8 Å². The van der Waals surface area contributed by atoms with Crippen molar-refractivity contribution in [1.82, 2.24) is 19.4 Å². The van der Waals surface area contributed by atoms with Gasteiger partial charge in [0.25, 0.3) is 0 Å². The van der Waals surface area contributed by atoms with Crippen molar-refractivity contribution in [1.29, 1.82) is 0 Å². The number of anilines is 1. The number of piperidine rings is 1. The Morgan fingerprint density at radius 2 is 1.84 bits per heavy atom. The minimum absolute atomic E-state index is 0.0660. The molecule has 4 heterocycles. The van der Waals surface area contributed by atoms with Crippen molar-refractivity contribution in [3.63, 3.8) is 0 Å². The molecule has 0 amide bonds. The smallest absolute Gasteiger partial charge is 0.387 e. The zero-order valence-electron chi connectivity index (χ0n) is 20.4. The van der Waals surface area contributed by atoms with Gasteiger partial charge in [-0.05, 0) is 25.8 Å². The van der Waals surface area contributed by atoms with E-state index in [1.165, 1.54) is 24.5 Å². The molecule has 0 atom stereocenters. The van der Waals surface area contributed by atoms with Crippen LogP contribution in [0.3, 0.4) is 0 Å². The number of hydrogen-bond acceptors (Lipinski definition) is 7. The van der Waals surface area contributed by atoms with Crippen molar-refractivity contribution >= 4 is 21.6 Å². The van der Waals surface area contributed by atoms with Gasteiger partial charge in [0.1, 0.15) is 17.2 Å². The fourth-order valence-electron chi connectivity index (χ4n) is 4.71. The first kappa shape index (κ1) is 25.9. The molecule has 1 saturated heterocycles. The van der Waals surface area contributed by atoms with Crippen molar-refractivity contribution in [3.8, 4) is 16.9 Å². The number of rotatable bonds is 7. The third kappa shape index (κ3) is 5.29. The lowest BCUT2D eigenvalue weighted by Crippen LogP contribution is -2.42. The number of aryl methyl sites for hydroxylation is 1. The summed E-state index contributed by atoms with van der Waals surface area (Å²) in [4.78, 5) is 15.1. The van der Waals surface area contributed by atoms with Crippen molar-refractivity contribution in [2.24, 2.45) is 5.14 Å². The molecule has 38 heavy (non-hydrogen) atoms. The molecule has 5 rings (SSSR count). The molecule has 2 N–H and O–H groups in total. The van der Waals surface area contributed by atoms with Crippen LogP contribution in [0.5, 0.6) is 5.75 Å². The molecule has 0 spiro atoms. The highest BCUT2D eigenvalue weighted by molar-refractivity contribution is 7.89. The van der Waals surface area contributed by atoms with Gasteiger partial charge in [-0.25, -0.2) is 32.9 Å². The van der Waals surface area contributed by atoms with Crippen LogP contribution in [-0.4, -0.2) is 52.7 Å². The second kappa shape index (κ2) is 10.2. The van der Waals surface area contributed by atoms with Crippen molar-refractivity contribution in [2.75, 3.05) is 18.0 Å². The number of para-hydroxylation sites is 1. The van der Waals surface area contributed by atoms with E-state index < -0.39 is 27.7 Å². The van der Waals surface area contributed by atoms with Crippen molar-refractivity contribution in [2.45, 2.75) is 38.0 Å². The van der Waals surface area contributed by atoms with E-state index in [0.717, 1.165) is 0 Å². The van der Waals surface area contributed by atoms with E-state index in [1.807, 2.05) is 4.90 Å². The van der Waals surface area contributed by atoms with Gasteiger partial charge in [-0.15, -0.1) is 0 Å². The maximum Gasteiger partial charge on any atom is 0.387 e. The fourth-order valence-corrected chi connectivity index (χ4v) is 5.57. The maximum absolute atomic E-state index is 15.1. The van der Waals surface area contributed by atoms with E-state index in [2.05, 4.69) is 19.7 Å². The summed E-state index contributed by atoms with van der Waals surface area (Å²) in [6, 6.07) is 7.82. The monoisotopic (exact) mass is 546 g/mol. The molecule has 1 aliphatic heterocycles. The third-order valence-electron chi connectivity index (χ3n) is 6.69.